The lowest BCUT2D eigenvalue weighted by molar-refractivity contribution is -0.139. The van der Waals surface area contributed by atoms with Crippen LogP contribution in [0.1, 0.15) is 24.0 Å². The molecule has 2 fully saturated rings. The minimum absolute atomic E-state index is 0.332. The quantitative estimate of drug-likeness (QED) is 0.713. The molecule has 6 nitrogen and oxygen atoms in total. The van der Waals surface area contributed by atoms with Gasteiger partial charge in [0.15, 0.2) is 0 Å². The van der Waals surface area contributed by atoms with Gasteiger partial charge >= 0.3 is 12.0 Å². The van der Waals surface area contributed by atoms with Crippen molar-refractivity contribution in [1.82, 2.24) is 10.6 Å². The second-order valence-corrected chi connectivity index (χ2v) is 6.16. The van der Waals surface area contributed by atoms with Crippen LogP contribution >= 0.6 is 0 Å². The third-order valence-electron chi connectivity index (χ3n) is 4.60. The molecule has 1 saturated carbocycles. The number of amides is 3. The summed E-state index contributed by atoms with van der Waals surface area (Å²) in [6, 6.07) is 7.40. The van der Waals surface area contributed by atoms with E-state index in [0.29, 0.717) is 19.3 Å². The van der Waals surface area contributed by atoms with Gasteiger partial charge in [-0.3, -0.25) is 14.9 Å². The maximum Gasteiger partial charge on any atom is 0.322 e. The zero-order valence-corrected chi connectivity index (χ0v) is 12.3. The summed E-state index contributed by atoms with van der Waals surface area (Å²) in [6.07, 6.45) is 1.44. The summed E-state index contributed by atoms with van der Waals surface area (Å²) in [7, 11) is 0. The van der Waals surface area contributed by atoms with Gasteiger partial charge < -0.3 is 10.4 Å². The Bertz CT molecular complexity index is 657. The molecule has 116 valence electrons. The fraction of sp³-hybridized carbons (Fsp3) is 0.438. The van der Waals surface area contributed by atoms with Gasteiger partial charge in [0.25, 0.3) is 5.91 Å². The third-order valence-corrected chi connectivity index (χ3v) is 4.60. The predicted molar refractivity (Wildman–Crippen MR) is 78.1 cm³/mol. The van der Waals surface area contributed by atoms with Crippen LogP contribution in [0.2, 0.25) is 0 Å². The number of hydrogen-bond donors (Lipinski definition) is 3. The highest BCUT2D eigenvalue weighted by Gasteiger charge is 2.62. The molecular weight excluding hydrogens is 284 g/mol. The number of rotatable bonds is 5. The van der Waals surface area contributed by atoms with Gasteiger partial charge in [0, 0.05) is 5.92 Å². The summed E-state index contributed by atoms with van der Waals surface area (Å²) in [6.45, 7) is 1.99. The lowest BCUT2D eigenvalue weighted by Crippen LogP contribution is -2.50. The van der Waals surface area contributed by atoms with Crippen molar-refractivity contribution in [2.24, 2.45) is 11.8 Å². The van der Waals surface area contributed by atoms with Gasteiger partial charge in [-0.1, -0.05) is 29.8 Å². The Kier molecular flexibility index (Phi) is 3.39. The van der Waals surface area contributed by atoms with E-state index in [1.54, 1.807) is 0 Å². The van der Waals surface area contributed by atoms with Gasteiger partial charge in [-0.2, -0.15) is 0 Å². The summed E-state index contributed by atoms with van der Waals surface area (Å²) in [4.78, 5) is 34.9. The van der Waals surface area contributed by atoms with Gasteiger partial charge in [0.05, 0.1) is 5.92 Å². The average Bonchev–Trinajstić information content (AvgIpc) is 3.19. The molecule has 1 aliphatic heterocycles. The highest BCUT2D eigenvalue weighted by atomic mass is 16.4. The fourth-order valence-electron chi connectivity index (χ4n) is 3.35. The second kappa shape index (κ2) is 5.12. The highest BCUT2D eigenvalue weighted by molar-refractivity contribution is 6.07. The van der Waals surface area contributed by atoms with Crippen molar-refractivity contribution in [3.63, 3.8) is 0 Å². The van der Waals surface area contributed by atoms with Crippen LogP contribution < -0.4 is 10.6 Å². The Balaban J connectivity index is 1.80. The highest BCUT2D eigenvalue weighted by Crippen LogP contribution is 2.49. The summed E-state index contributed by atoms with van der Waals surface area (Å²) >= 11 is 0. The molecule has 3 rings (SSSR count). The first-order valence-corrected chi connectivity index (χ1v) is 7.34. The normalized spacial score (nSPS) is 29.9. The first-order chi connectivity index (χ1) is 10.4. The van der Waals surface area contributed by atoms with Crippen LogP contribution in [0.3, 0.4) is 0 Å². The van der Waals surface area contributed by atoms with Crippen LogP contribution in [0, 0.1) is 18.8 Å². The summed E-state index contributed by atoms with van der Waals surface area (Å²) in [5, 5.41) is 14.1. The largest absolute Gasteiger partial charge is 0.481 e. The van der Waals surface area contributed by atoms with Gasteiger partial charge in [-0.05, 0) is 31.7 Å². The van der Waals surface area contributed by atoms with Crippen molar-refractivity contribution in [1.29, 1.82) is 0 Å². The van der Waals surface area contributed by atoms with Crippen LogP contribution in [-0.4, -0.2) is 28.6 Å². The zero-order chi connectivity index (χ0) is 15.9. The minimum atomic E-state index is -1.09. The van der Waals surface area contributed by atoms with Crippen LogP contribution in [0.5, 0.6) is 0 Å². The molecule has 1 aliphatic carbocycles. The van der Waals surface area contributed by atoms with E-state index in [9.17, 15) is 14.4 Å². The van der Waals surface area contributed by atoms with Crippen LogP contribution in [0.25, 0.3) is 0 Å². The number of carbonyl (C=O) groups is 3. The van der Waals surface area contributed by atoms with Gasteiger partial charge in [-0.25, -0.2) is 4.79 Å². The molecule has 0 radical (unpaired) electrons. The number of carboxylic acid groups (broad SMARTS) is 1. The van der Waals surface area contributed by atoms with Crippen LogP contribution in [0.4, 0.5) is 4.79 Å². The van der Waals surface area contributed by atoms with Crippen molar-refractivity contribution in [2.75, 3.05) is 0 Å². The molecule has 1 saturated heterocycles. The fourth-order valence-corrected chi connectivity index (χ4v) is 3.35. The van der Waals surface area contributed by atoms with E-state index in [1.165, 1.54) is 0 Å². The standard InChI is InChI=1S/C16H18N2O4/c1-9-3-2-4-10(7-9)5-6-16(12-8-11(12)13(19)20)14(21)17-15(22)18-16/h2-4,7,11-12H,5-6,8H2,1H3,(H,19,20)(H2,17,18,21,22)/t11-,12-,16?/m0/s1. The summed E-state index contributed by atoms with van der Waals surface area (Å²) in [5.41, 5.74) is 1.10. The summed E-state index contributed by atoms with van der Waals surface area (Å²) < 4.78 is 0. The molecule has 0 bridgehead atoms. The topological polar surface area (TPSA) is 95.5 Å². The van der Waals surface area contributed by atoms with Crippen molar-refractivity contribution in [2.45, 2.75) is 31.7 Å². The molecule has 3 amide bonds. The number of carbonyl (C=O) groups excluding carboxylic acids is 2. The Morgan fingerprint density at radius 2 is 2.18 bits per heavy atom. The third kappa shape index (κ3) is 2.45. The van der Waals surface area contributed by atoms with E-state index in [4.69, 9.17) is 5.11 Å². The SMILES string of the molecule is Cc1cccc(CCC2([C@H]3C[C@@H]3C(=O)O)NC(=O)NC2=O)c1. The average molecular weight is 302 g/mol. The molecule has 0 spiro atoms. The van der Waals surface area contributed by atoms with Crippen molar-refractivity contribution in [3.05, 3.63) is 35.4 Å². The zero-order valence-electron chi connectivity index (χ0n) is 12.3. The van der Waals surface area contributed by atoms with Crippen molar-refractivity contribution < 1.29 is 19.5 Å². The molecule has 22 heavy (non-hydrogen) atoms. The molecule has 3 atom stereocenters. The molecule has 2 aliphatic rings. The molecule has 1 unspecified atom stereocenters. The van der Waals surface area contributed by atoms with Crippen LogP contribution in [0.15, 0.2) is 24.3 Å². The Hall–Kier alpha value is -2.37. The molecular formula is C16H18N2O4. The minimum Gasteiger partial charge on any atom is -0.481 e. The number of aliphatic carboxylic acids is 1. The number of aryl methyl sites for hydroxylation is 2. The Morgan fingerprint density at radius 1 is 1.41 bits per heavy atom. The molecule has 0 aromatic heterocycles. The van der Waals surface area contributed by atoms with Gasteiger partial charge in [0.2, 0.25) is 0 Å². The Labute approximate surface area is 127 Å². The van der Waals surface area contributed by atoms with Crippen LogP contribution in [-0.2, 0) is 16.0 Å². The monoisotopic (exact) mass is 302 g/mol. The molecule has 1 heterocycles. The smallest absolute Gasteiger partial charge is 0.322 e. The number of imide groups is 1. The first-order valence-electron chi connectivity index (χ1n) is 7.34. The van der Waals surface area contributed by atoms with E-state index < -0.39 is 29.4 Å². The van der Waals surface area contributed by atoms with Crippen molar-refractivity contribution >= 4 is 17.9 Å². The number of nitrogens with one attached hydrogen (secondary N) is 2. The maximum atomic E-state index is 12.3. The molecule has 3 N–H and O–H groups in total. The van der Waals surface area contributed by atoms with Gasteiger partial charge in [0.1, 0.15) is 5.54 Å². The van der Waals surface area contributed by atoms with E-state index in [-0.39, 0.29) is 5.92 Å². The number of carboxylic acids is 1. The molecule has 1 aromatic rings. The summed E-state index contributed by atoms with van der Waals surface area (Å²) in [5.74, 6) is -2.20. The number of benzene rings is 1. The Morgan fingerprint density at radius 3 is 2.73 bits per heavy atom. The van der Waals surface area contributed by atoms with E-state index in [0.717, 1.165) is 11.1 Å². The number of hydrogen-bond acceptors (Lipinski definition) is 3. The predicted octanol–water partition coefficient (Wildman–Crippen LogP) is 1.23. The number of urea groups is 1. The van der Waals surface area contributed by atoms with Gasteiger partial charge in [-0.15, -0.1) is 0 Å². The lowest BCUT2D eigenvalue weighted by Gasteiger charge is -2.26. The first kappa shape index (κ1) is 14.6. The second-order valence-electron chi connectivity index (χ2n) is 6.16. The van der Waals surface area contributed by atoms with Crippen molar-refractivity contribution in [3.8, 4) is 0 Å². The van der Waals surface area contributed by atoms with E-state index in [2.05, 4.69) is 10.6 Å². The van der Waals surface area contributed by atoms with E-state index >= 15 is 0 Å². The molecule has 6 heteroatoms. The maximum absolute atomic E-state index is 12.3. The van der Waals surface area contributed by atoms with E-state index in [1.807, 2.05) is 31.2 Å². The molecule has 1 aromatic carbocycles. The lowest BCUT2D eigenvalue weighted by atomic mass is 9.85.